The standard InChI is InChI=1S/C12H11N3O2S/c16-8-3-1-7(2-4-8)11-9-5-13-15-12(9)14-10(17)6-18-11/h1-5,11,16H,6H2,(H2,13,14,15,17). The van der Waals surface area contributed by atoms with Crippen LogP contribution in [0.1, 0.15) is 16.4 Å². The number of nitrogens with zero attached hydrogens (tertiary/aromatic N) is 1. The van der Waals surface area contributed by atoms with E-state index in [1.807, 2.05) is 12.1 Å². The third-order valence-electron chi connectivity index (χ3n) is 2.79. The van der Waals surface area contributed by atoms with E-state index >= 15 is 0 Å². The predicted molar refractivity (Wildman–Crippen MR) is 69.6 cm³/mol. The van der Waals surface area contributed by atoms with Gasteiger partial charge < -0.3 is 10.4 Å². The van der Waals surface area contributed by atoms with Gasteiger partial charge in [-0.2, -0.15) is 5.10 Å². The molecule has 0 fully saturated rings. The Bertz CT molecular complexity index is 579. The molecule has 1 aliphatic rings. The number of H-pyrrole nitrogens is 1. The zero-order chi connectivity index (χ0) is 12.5. The van der Waals surface area contributed by atoms with Gasteiger partial charge >= 0.3 is 0 Å². The number of aromatic amines is 1. The summed E-state index contributed by atoms with van der Waals surface area (Å²) in [7, 11) is 0. The number of rotatable bonds is 1. The van der Waals surface area contributed by atoms with Crippen molar-refractivity contribution < 1.29 is 9.90 Å². The van der Waals surface area contributed by atoms with Crippen molar-refractivity contribution in [3.63, 3.8) is 0 Å². The average Bonchev–Trinajstić information content (AvgIpc) is 2.74. The Morgan fingerprint density at radius 2 is 2.11 bits per heavy atom. The van der Waals surface area contributed by atoms with Crippen LogP contribution < -0.4 is 5.32 Å². The number of amides is 1. The van der Waals surface area contributed by atoms with Crippen LogP contribution in [0, 0.1) is 0 Å². The van der Waals surface area contributed by atoms with Crippen molar-refractivity contribution in [2.75, 3.05) is 11.1 Å². The number of phenolic OH excluding ortho intramolecular Hbond substituents is 1. The van der Waals surface area contributed by atoms with Crippen molar-refractivity contribution in [1.82, 2.24) is 10.2 Å². The first-order chi connectivity index (χ1) is 8.74. The van der Waals surface area contributed by atoms with Gasteiger partial charge in [-0.05, 0) is 17.7 Å². The molecule has 18 heavy (non-hydrogen) atoms. The van der Waals surface area contributed by atoms with E-state index in [-0.39, 0.29) is 16.9 Å². The van der Waals surface area contributed by atoms with Crippen LogP contribution >= 0.6 is 11.8 Å². The lowest BCUT2D eigenvalue weighted by molar-refractivity contribution is -0.113. The number of aromatic hydroxyl groups is 1. The SMILES string of the molecule is O=C1CSC(c2ccc(O)cc2)c2cn[nH]c2N1. The van der Waals surface area contributed by atoms with Gasteiger partial charge in [0.25, 0.3) is 0 Å². The Labute approximate surface area is 108 Å². The van der Waals surface area contributed by atoms with E-state index in [1.165, 1.54) is 0 Å². The Hall–Kier alpha value is -1.95. The van der Waals surface area contributed by atoms with E-state index in [4.69, 9.17) is 0 Å². The maximum absolute atomic E-state index is 11.6. The van der Waals surface area contributed by atoms with E-state index in [0.29, 0.717) is 11.6 Å². The van der Waals surface area contributed by atoms with Crippen LogP contribution in [0.2, 0.25) is 0 Å². The summed E-state index contributed by atoms with van der Waals surface area (Å²) >= 11 is 1.54. The Balaban J connectivity index is 2.02. The van der Waals surface area contributed by atoms with Gasteiger partial charge in [-0.3, -0.25) is 9.89 Å². The predicted octanol–water partition coefficient (Wildman–Crippen LogP) is 1.89. The van der Waals surface area contributed by atoms with Crippen LogP contribution in [-0.4, -0.2) is 27.0 Å². The number of hydrogen-bond donors (Lipinski definition) is 3. The number of anilines is 1. The number of thioether (sulfide) groups is 1. The molecule has 1 aliphatic heterocycles. The molecular formula is C12H11N3O2S. The molecule has 1 aromatic heterocycles. The van der Waals surface area contributed by atoms with Crippen molar-refractivity contribution in [2.45, 2.75) is 5.25 Å². The molecule has 1 atom stereocenters. The molecule has 0 bridgehead atoms. The molecule has 1 aromatic carbocycles. The van der Waals surface area contributed by atoms with Gasteiger partial charge in [0, 0.05) is 5.56 Å². The monoisotopic (exact) mass is 261 g/mol. The molecule has 5 nitrogen and oxygen atoms in total. The number of fused-ring (bicyclic) bond motifs is 1. The summed E-state index contributed by atoms with van der Waals surface area (Å²) in [5.41, 5.74) is 1.99. The summed E-state index contributed by atoms with van der Waals surface area (Å²) in [6, 6.07) is 7.02. The fraction of sp³-hybridized carbons (Fsp3) is 0.167. The largest absolute Gasteiger partial charge is 0.508 e. The second-order valence-electron chi connectivity index (χ2n) is 4.03. The number of aromatic nitrogens is 2. The second-order valence-corrected chi connectivity index (χ2v) is 5.12. The Morgan fingerprint density at radius 1 is 1.33 bits per heavy atom. The van der Waals surface area contributed by atoms with Crippen molar-refractivity contribution >= 4 is 23.5 Å². The summed E-state index contributed by atoms with van der Waals surface area (Å²) in [5, 5.41) is 18.9. The Morgan fingerprint density at radius 3 is 2.89 bits per heavy atom. The van der Waals surface area contributed by atoms with E-state index in [1.54, 1.807) is 30.1 Å². The number of hydrogen-bond acceptors (Lipinski definition) is 4. The molecule has 0 radical (unpaired) electrons. The minimum absolute atomic E-state index is 0.0354. The van der Waals surface area contributed by atoms with E-state index in [2.05, 4.69) is 15.5 Å². The molecule has 0 saturated heterocycles. The van der Waals surface area contributed by atoms with Gasteiger partial charge in [-0.25, -0.2) is 0 Å². The van der Waals surface area contributed by atoms with Crippen molar-refractivity contribution in [3.05, 3.63) is 41.6 Å². The number of benzene rings is 1. The van der Waals surface area contributed by atoms with Crippen molar-refractivity contribution in [3.8, 4) is 5.75 Å². The molecule has 3 rings (SSSR count). The summed E-state index contributed by atoms with van der Waals surface area (Å²) in [4.78, 5) is 11.6. The maximum Gasteiger partial charge on any atom is 0.235 e. The molecule has 2 heterocycles. The minimum Gasteiger partial charge on any atom is -0.508 e. The minimum atomic E-state index is -0.0354. The zero-order valence-corrected chi connectivity index (χ0v) is 10.2. The highest BCUT2D eigenvalue weighted by Gasteiger charge is 2.25. The molecule has 0 aliphatic carbocycles. The quantitative estimate of drug-likeness (QED) is 0.732. The van der Waals surface area contributed by atoms with Crippen LogP contribution in [0.4, 0.5) is 5.82 Å². The van der Waals surface area contributed by atoms with Gasteiger partial charge in [0.2, 0.25) is 5.91 Å². The molecule has 0 saturated carbocycles. The third kappa shape index (κ3) is 1.95. The highest BCUT2D eigenvalue weighted by Crippen LogP contribution is 2.40. The third-order valence-corrected chi connectivity index (χ3v) is 4.08. The molecule has 6 heteroatoms. The van der Waals surface area contributed by atoms with Gasteiger partial charge in [-0.1, -0.05) is 12.1 Å². The number of nitrogens with one attached hydrogen (secondary N) is 2. The molecule has 2 aromatic rings. The van der Waals surface area contributed by atoms with Crippen LogP contribution in [0.25, 0.3) is 0 Å². The maximum atomic E-state index is 11.6. The van der Waals surface area contributed by atoms with Crippen LogP contribution in [0.15, 0.2) is 30.5 Å². The molecule has 1 unspecified atom stereocenters. The normalized spacial score (nSPS) is 18.9. The van der Waals surface area contributed by atoms with Crippen LogP contribution in [0.5, 0.6) is 5.75 Å². The Kier molecular flexibility index (Phi) is 2.71. The van der Waals surface area contributed by atoms with E-state index in [0.717, 1.165) is 11.1 Å². The van der Waals surface area contributed by atoms with E-state index < -0.39 is 0 Å². The number of carbonyl (C=O) groups is 1. The fourth-order valence-electron chi connectivity index (χ4n) is 1.94. The second kappa shape index (κ2) is 4.38. The molecule has 92 valence electrons. The molecular weight excluding hydrogens is 250 g/mol. The van der Waals surface area contributed by atoms with Gasteiger partial charge in [0.05, 0.1) is 17.2 Å². The highest BCUT2D eigenvalue weighted by molar-refractivity contribution is 8.00. The average molecular weight is 261 g/mol. The lowest BCUT2D eigenvalue weighted by atomic mass is 10.1. The first-order valence-electron chi connectivity index (χ1n) is 5.47. The summed E-state index contributed by atoms with van der Waals surface area (Å²) in [5.74, 6) is 1.25. The summed E-state index contributed by atoms with van der Waals surface area (Å²) < 4.78 is 0. The summed E-state index contributed by atoms with van der Waals surface area (Å²) in [6.07, 6.45) is 1.73. The van der Waals surface area contributed by atoms with Crippen LogP contribution in [-0.2, 0) is 4.79 Å². The summed E-state index contributed by atoms with van der Waals surface area (Å²) in [6.45, 7) is 0. The van der Waals surface area contributed by atoms with Crippen molar-refractivity contribution in [2.24, 2.45) is 0 Å². The van der Waals surface area contributed by atoms with Gasteiger partial charge in [0.1, 0.15) is 11.6 Å². The lowest BCUT2D eigenvalue weighted by Crippen LogP contribution is -2.12. The molecule has 1 amide bonds. The molecule has 3 N–H and O–H groups in total. The lowest BCUT2D eigenvalue weighted by Gasteiger charge is -2.13. The van der Waals surface area contributed by atoms with Crippen LogP contribution in [0.3, 0.4) is 0 Å². The van der Waals surface area contributed by atoms with E-state index in [9.17, 15) is 9.90 Å². The molecule has 0 spiro atoms. The van der Waals surface area contributed by atoms with Gasteiger partial charge in [-0.15, -0.1) is 11.8 Å². The van der Waals surface area contributed by atoms with Gasteiger partial charge in [0.15, 0.2) is 0 Å². The number of carbonyl (C=O) groups excluding carboxylic acids is 1. The fourth-order valence-corrected chi connectivity index (χ4v) is 3.04. The van der Waals surface area contributed by atoms with Crippen molar-refractivity contribution in [1.29, 1.82) is 0 Å². The first-order valence-corrected chi connectivity index (χ1v) is 6.52. The smallest absolute Gasteiger partial charge is 0.235 e. The number of phenols is 1. The topological polar surface area (TPSA) is 78.0 Å². The highest BCUT2D eigenvalue weighted by atomic mass is 32.2. The zero-order valence-electron chi connectivity index (χ0n) is 9.38. The first kappa shape index (κ1) is 11.2.